The summed E-state index contributed by atoms with van der Waals surface area (Å²) >= 11 is 1.40. The summed E-state index contributed by atoms with van der Waals surface area (Å²) in [6.07, 6.45) is 1.90. The molecular formula is C15H28N2O2S2. The van der Waals surface area contributed by atoms with E-state index in [-0.39, 0.29) is 6.04 Å². The van der Waals surface area contributed by atoms with Crippen LogP contribution in [0.2, 0.25) is 0 Å². The summed E-state index contributed by atoms with van der Waals surface area (Å²) in [6, 6.07) is 1.85. The minimum absolute atomic E-state index is 0.0315. The fraction of sp³-hybridized carbons (Fsp3) is 0.733. The molecule has 0 aliphatic rings. The summed E-state index contributed by atoms with van der Waals surface area (Å²) in [7, 11) is -3.37. The van der Waals surface area contributed by atoms with Crippen LogP contribution in [0, 0.1) is 6.92 Å². The maximum atomic E-state index is 12.8. The Bertz CT molecular complexity index is 538. The first kappa shape index (κ1) is 18.6. The van der Waals surface area contributed by atoms with E-state index < -0.39 is 10.0 Å². The van der Waals surface area contributed by atoms with Gasteiger partial charge in [-0.05, 0) is 44.9 Å². The van der Waals surface area contributed by atoms with Crippen molar-refractivity contribution in [2.75, 3.05) is 13.1 Å². The molecule has 1 aromatic rings. The van der Waals surface area contributed by atoms with E-state index in [9.17, 15) is 8.42 Å². The van der Waals surface area contributed by atoms with E-state index in [0.29, 0.717) is 10.8 Å². The molecular weight excluding hydrogens is 304 g/mol. The lowest BCUT2D eigenvalue weighted by atomic mass is 10.3. The lowest BCUT2D eigenvalue weighted by Gasteiger charge is -2.25. The first-order valence-electron chi connectivity index (χ1n) is 7.70. The SMILES string of the molecule is CCCNCc1sc(S(=O)(=O)N(CC)C(C)CC)cc1C. The second-order valence-electron chi connectivity index (χ2n) is 5.31. The van der Waals surface area contributed by atoms with Crippen molar-refractivity contribution in [3.8, 4) is 0 Å². The summed E-state index contributed by atoms with van der Waals surface area (Å²) in [6.45, 7) is 12.2. The molecule has 0 aliphatic heterocycles. The first-order chi connectivity index (χ1) is 9.88. The van der Waals surface area contributed by atoms with Gasteiger partial charge in [-0.2, -0.15) is 4.31 Å². The molecule has 1 aromatic heterocycles. The van der Waals surface area contributed by atoms with Crippen molar-refractivity contribution in [3.63, 3.8) is 0 Å². The lowest BCUT2D eigenvalue weighted by Crippen LogP contribution is -2.37. The van der Waals surface area contributed by atoms with Crippen LogP contribution in [0.3, 0.4) is 0 Å². The van der Waals surface area contributed by atoms with E-state index in [1.165, 1.54) is 11.3 Å². The third-order valence-corrected chi connectivity index (χ3v) is 7.44. The highest BCUT2D eigenvalue weighted by Crippen LogP contribution is 2.29. The van der Waals surface area contributed by atoms with Gasteiger partial charge in [0.25, 0.3) is 10.0 Å². The number of rotatable bonds is 9. The summed E-state index contributed by atoms with van der Waals surface area (Å²) in [5.74, 6) is 0. The van der Waals surface area contributed by atoms with E-state index in [0.717, 1.165) is 36.4 Å². The molecule has 0 aromatic carbocycles. The van der Waals surface area contributed by atoms with Crippen molar-refractivity contribution in [3.05, 3.63) is 16.5 Å². The highest BCUT2D eigenvalue weighted by Gasteiger charge is 2.28. The standard InChI is InChI=1S/C15H28N2O2S2/c1-6-9-16-11-14-12(4)10-15(20-14)21(18,19)17(8-3)13(5)7-2/h10,13,16H,6-9,11H2,1-5H3. The van der Waals surface area contributed by atoms with Crippen molar-refractivity contribution in [1.82, 2.24) is 9.62 Å². The Kier molecular flexibility index (Phi) is 7.33. The maximum absolute atomic E-state index is 12.8. The van der Waals surface area contributed by atoms with E-state index in [1.54, 1.807) is 4.31 Å². The molecule has 4 nitrogen and oxygen atoms in total. The van der Waals surface area contributed by atoms with Gasteiger partial charge in [0.15, 0.2) is 0 Å². The Morgan fingerprint density at radius 2 is 2.00 bits per heavy atom. The summed E-state index contributed by atoms with van der Waals surface area (Å²) in [5.41, 5.74) is 1.06. The van der Waals surface area contributed by atoms with Gasteiger partial charge < -0.3 is 5.32 Å². The van der Waals surface area contributed by atoms with Crippen LogP contribution in [0.5, 0.6) is 0 Å². The molecule has 0 radical (unpaired) electrons. The molecule has 1 atom stereocenters. The third-order valence-electron chi connectivity index (χ3n) is 3.67. The van der Waals surface area contributed by atoms with Gasteiger partial charge in [-0.1, -0.05) is 20.8 Å². The van der Waals surface area contributed by atoms with Crippen LogP contribution >= 0.6 is 11.3 Å². The minimum Gasteiger partial charge on any atom is -0.312 e. The molecule has 122 valence electrons. The second-order valence-corrected chi connectivity index (χ2v) is 8.57. The van der Waals surface area contributed by atoms with Gasteiger partial charge in [0.1, 0.15) is 4.21 Å². The molecule has 0 amide bonds. The zero-order valence-corrected chi connectivity index (χ0v) is 15.4. The van der Waals surface area contributed by atoms with Crippen LogP contribution in [0.25, 0.3) is 0 Å². The average Bonchev–Trinajstić information content (AvgIpc) is 2.81. The topological polar surface area (TPSA) is 49.4 Å². The Labute approximate surface area is 133 Å². The molecule has 0 saturated carbocycles. The Balaban J connectivity index is 3.00. The van der Waals surface area contributed by atoms with Crippen molar-refractivity contribution in [2.45, 2.75) is 64.3 Å². The van der Waals surface area contributed by atoms with Crippen molar-refractivity contribution >= 4 is 21.4 Å². The van der Waals surface area contributed by atoms with Crippen molar-refractivity contribution < 1.29 is 8.42 Å². The lowest BCUT2D eigenvalue weighted by molar-refractivity contribution is 0.343. The number of thiophene rings is 1. The molecule has 0 bridgehead atoms. The fourth-order valence-electron chi connectivity index (χ4n) is 2.21. The van der Waals surface area contributed by atoms with Crippen molar-refractivity contribution in [2.24, 2.45) is 0 Å². The van der Waals surface area contributed by atoms with Crippen LogP contribution in [0.15, 0.2) is 10.3 Å². The fourth-order valence-corrected chi connectivity index (χ4v) is 5.61. The largest absolute Gasteiger partial charge is 0.312 e. The Morgan fingerprint density at radius 1 is 1.33 bits per heavy atom. The van der Waals surface area contributed by atoms with Gasteiger partial charge in [-0.15, -0.1) is 11.3 Å². The van der Waals surface area contributed by atoms with Gasteiger partial charge in [0.05, 0.1) is 0 Å². The average molecular weight is 333 g/mol. The quantitative estimate of drug-likeness (QED) is 0.705. The molecule has 21 heavy (non-hydrogen) atoms. The third kappa shape index (κ3) is 4.52. The molecule has 1 unspecified atom stereocenters. The van der Waals surface area contributed by atoms with Gasteiger partial charge in [0, 0.05) is 24.0 Å². The number of hydrogen-bond donors (Lipinski definition) is 1. The predicted octanol–water partition coefficient (Wildman–Crippen LogP) is 3.37. The van der Waals surface area contributed by atoms with Gasteiger partial charge in [-0.3, -0.25) is 0 Å². The normalized spacial score (nSPS) is 13.8. The summed E-state index contributed by atoms with van der Waals surface area (Å²) in [5, 5.41) is 3.34. The molecule has 6 heteroatoms. The summed E-state index contributed by atoms with van der Waals surface area (Å²) in [4.78, 5) is 1.11. The molecule has 0 spiro atoms. The van der Waals surface area contributed by atoms with Gasteiger partial charge >= 0.3 is 0 Å². The van der Waals surface area contributed by atoms with E-state index in [2.05, 4.69) is 12.2 Å². The van der Waals surface area contributed by atoms with Crippen LogP contribution < -0.4 is 5.32 Å². The van der Waals surface area contributed by atoms with E-state index >= 15 is 0 Å². The molecule has 0 aliphatic carbocycles. The number of hydrogen-bond acceptors (Lipinski definition) is 4. The molecule has 1 rings (SSSR count). The van der Waals surface area contributed by atoms with Crippen LogP contribution in [0.1, 0.15) is 51.0 Å². The highest BCUT2D eigenvalue weighted by atomic mass is 32.2. The summed E-state index contributed by atoms with van der Waals surface area (Å²) < 4.78 is 27.6. The monoisotopic (exact) mass is 332 g/mol. The van der Waals surface area contributed by atoms with Gasteiger partial charge in [0.2, 0.25) is 0 Å². The number of aryl methyl sites for hydroxylation is 1. The number of nitrogens with one attached hydrogen (secondary N) is 1. The van der Waals surface area contributed by atoms with Crippen LogP contribution in [-0.4, -0.2) is 31.9 Å². The van der Waals surface area contributed by atoms with E-state index in [4.69, 9.17) is 0 Å². The zero-order chi connectivity index (χ0) is 16.0. The second kappa shape index (κ2) is 8.27. The smallest absolute Gasteiger partial charge is 0.252 e. The Morgan fingerprint density at radius 3 is 2.52 bits per heavy atom. The van der Waals surface area contributed by atoms with Crippen LogP contribution in [0.4, 0.5) is 0 Å². The van der Waals surface area contributed by atoms with E-state index in [1.807, 2.05) is 33.8 Å². The minimum atomic E-state index is -3.37. The molecule has 0 fully saturated rings. The molecule has 0 saturated heterocycles. The van der Waals surface area contributed by atoms with Crippen molar-refractivity contribution in [1.29, 1.82) is 0 Å². The molecule has 1 N–H and O–H groups in total. The Hall–Kier alpha value is -0.430. The zero-order valence-electron chi connectivity index (χ0n) is 13.8. The first-order valence-corrected chi connectivity index (χ1v) is 9.95. The predicted molar refractivity (Wildman–Crippen MR) is 90.4 cm³/mol. The highest BCUT2D eigenvalue weighted by molar-refractivity contribution is 7.91. The number of sulfonamides is 1. The van der Waals surface area contributed by atoms with Crippen LogP contribution in [-0.2, 0) is 16.6 Å². The maximum Gasteiger partial charge on any atom is 0.252 e. The molecule has 1 heterocycles. The number of nitrogens with zero attached hydrogens (tertiary/aromatic N) is 1. The van der Waals surface area contributed by atoms with Gasteiger partial charge in [-0.25, -0.2) is 8.42 Å².